The SMILES string of the molecule is Cc1cccc2nc(N)n(Cc3ccc(C(C)C)cc3)c12. The third-order valence-corrected chi connectivity index (χ3v) is 3.99. The number of aryl methyl sites for hydroxylation is 1. The Hall–Kier alpha value is -2.29. The molecule has 2 aromatic carbocycles. The van der Waals surface area contributed by atoms with Gasteiger partial charge in [-0.15, -0.1) is 0 Å². The van der Waals surface area contributed by atoms with Crippen LogP contribution in [0.2, 0.25) is 0 Å². The second kappa shape index (κ2) is 5.24. The minimum absolute atomic E-state index is 0.556. The van der Waals surface area contributed by atoms with Crippen LogP contribution in [0.4, 0.5) is 5.95 Å². The van der Waals surface area contributed by atoms with Gasteiger partial charge in [0.05, 0.1) is 17.6 Å². The summed E-state index contributed by atoms with van der Waals surface area (Å²) in [5.41, 5.74) is 12.0. The fraction of sp³-hybridized carbons (Fsp3) is 0.278. The van der Waals surface area contributed by atoms with Crippen LogP contribution >= 0.6 is 0 Å². The maximum Gasteiger partial charge on any atom is 0.201 e. The molecule has 2 N–H and O–H groups in total. The molecule has 0 amide bonds. The number of anilines is 1. The summed E-state index contributed by atoms with van der Waals surface area (Å²) in [6.45, 7) is 7.27. The van der Waals surface area contributed by atoms with Crippen LogP contribution in [0, 0.1) is 6.92 Å². The Labute approximate surface area is 125 Å². The number of nitrogens with two attached hydrogens (primary N) is 1. The van der Waals surface area contributed by atoms with Gasteiger partial charge in [0.1, 0.15) is 0 Å². The van der Waals surface area contributed by atoms with Crippen LogP contribution in [0.25, 0.3) is 11.0 Å². The van der Waals surface area contributed by atoms with E-state index in [-0.39, 0.29) is 0 Å². The molecule has 0 aliphatic rings. The van der Waals surface area contributed by atoms with E-state index in [1.807, 2.05) is 12.1 Å². The Morgan fingerprint density at radius 2 is 1.81 bits per heavy atom. The van der Waals surface area contributed by atoms with Gasteiger partial charge in [0.25, 0.3) is 0 Å². The summed E-state index contributed by atoms with van der Waals surface area (Å²) < 4.78 is 2.09. The number of aromatic nitrogens is 2. The summed E-state index contributed by atoms with van der Waals surface area (Å²) in [7, 11) is 0. The molecule has 0 saturated carbocycles. The molecule has 0 radical (unpaired) electrons. The summed E-state index contributed by atoms with van der Waals surface area (Å²) in [6.07, 6.45) is 0. The quantitative estimate of drug-likeness (QED) is 0.784. The first-order chi connectivity index (χ1) is 10.1. The molecule has 0 aliphatic carbocycles. The first-order valence-corrected chi connectivity index (χ1v) is 7.36. The van der Waals surface area contributed by atoms with Crippen LogP contribution in [0.15, 0.2) is 42.5 Å². The molecule has 1 heterocycles. The molecular weight excluding hydrogens is 258 g/mol. The van der Waals surface area contributed by atoms with E-state index in [1.54, 1.807) is 0 Å². The van der Waals surface area contributed by atoms with E-state index in [9.17, 15) is 0 Å². The first kappa shape index (κ1) is 13.7. The molecule has 0 saturated heterocycles. The first-order valence-electron chi connectivity index (χ1n) is 7.36. The molecule has 0 unspecified atom stereocenters. The van der Waals surface area contributed by atoms with Crippen LogP contribution in [-0.2, 0) is 6.54 Å². The van der Waals surface area contributed by atoms with Crippen molar-refractivity contribution in [1.29, 1.82) is 0 Å². The van der Waals surface area contributed by atoms with Crippen molar-refractivity contribution in [2.45, 2.75) is 33.2 Å². The molecule has 1 aromatic heterocycles. The predicted octanol–water partition coefficient (Wildman–Crippen LogP) is 4.10. The Bertz CT molecular complexity index is 767. The largest absolute Gasteiger partial charge is 0.369 e. The highest BCUT2D eigenvalue weighted by Gasteiger charge is 2.10. The van der Waals surface area contributed by atoms with Crippen LogP contribution in [-0.4, -0.2) is 9.55 Å². The number of nitrogen functional groups attached to an aromatic ring is 1. The second-order valence-corrected chi connectivity index (χ2v) is 5.90. The molecule has 3 heteroatoms. The predicted molar refractivity (Wildman–Crippen MR) is 88.5 cm³/mol. The molecule has 21 heavy (non-hydrogen) atoms. The molecule has 0 fully saturated rings. The monoisotopic (exact) mass is 279 g/mol. The Morgan fingerprint density at radius 3 is 2.48 bits per heavy atom. The third kappa shape index (κ3) is 2.51. The number of imidazole rings is 1. The lowest BCUT2D eigenvalue weighted by Crippen LogP contribution is -2.05. The number of hydrogen-bond acceptors (Lipinski definition) is 2. The topological polar surface area (TPSA) is 43.8 Å². The Kier molecular flexibility index (Phi) is 3.42. The molecule has 0 spiro atoms. The second-order valence-electron chi connectivity index (χ2n) is 5.90. The molecule has 108 valence electrons. The summed E-state index contributed by atoms with van der Waals surface area (Å²) in [5.74, 6) is 1.13. The van der Waals surface area contributed by atoms with Gasteiger partial charge in [-0.3, -0.25) is 0 Å². The minimum atomic E-state index is 0.556. The van der Waals surface area contributed by atoms with Crippen molar-refractivity contribution in [3.8, 4) is 0 Å². The van der Waals surface area contributed by atoms with E-state index in [2.05, 4.69) is 60.7 Å². The van der Waals surface area contributed by atoms with Gasteiger partial charge in [-0.05, 0) is 35.6 Å². The van der Waals surface area contributed by atoms with E-state index < -0.39 is 0 Å². The normalized spacial score (nSPS) is 11.4. The van der Waals surface area contributed by atoms with E-state index in [0.717, 1.165) is 17.6 Å². The van der Waals surface area contributed by atoms with Gasteiger partial charge in [-0.2, -0.15) is 0 Å². The molecule has 0 atom stereocenters. The van der Waals surface area contributed by atoms with Crippen molar-refractivity contribution >= 4 is 17.0 Å². The zero-order valence-electron chi connectivity index (χ0n) is 12.8. The average Bonchev–Trinajstić information content (AvgIpc) is 2.77. The van der Waals surface area contributed by atoms with Gasteiger partial charge < -0.3 is 10.3 Å². The molecule has 0 aliphatic heterocycles. The van der Waals surface area contributed by atoms with Gasteiger partial charge in [0.2, 0.25) is 5.95 Å². The highest BCUT2D eigenvalue weighted by atomic mass is 15.1. The highest BCUT2D eigenvalue weighted by Crippen LogP contribution is 2.23. The van der Waals surface area contributed by atoms with Gasteiger partial charge in [-0.25, -0.2) is 4.98 Å². The summed E-state index contributed by atoms with van der Waals surface area (Å²) in [6, 6.07) is 14.9. The number of para-hydroxylation sites is 1. The van der Waals surface area contributed by atoms with E-state index in [1.165, 1.54) is 16.7 Å². The van der Waals surface area contributed by atoms with Crippen molar-refractivity contribution < 1.29 is 0 Å². The van der Waals surface area contributed by atoms with E-state index in [0.29, 0.717) is 11.9 Å². The van der Waals surface area contributed by atoms with Gasteiger partial charge in [-0.1, -0.05) is 50.2 Å². The van der Waals surface area contributed by atoms with Crippen molar-refractivity contribution in [2.24, 2.45) is 0 Å². The molecular formula is C18H21N3. The molecule has 3 rings (SSSR count). The standard InChI is InChI=1S/C18H21N3/c1-12(2)15-9-7-14(8-10-15)11-21-17-13(3)5-4-6-16(17)20-18(21)19/h4-10,12H,11H2,1-3H3,(H2,19,20). The van der Waals surface area contributed by atoms with Crippen LogP contribution < -0.4 is 5.73 Å². The van der Waals surface area contributed by atoms with Crippen molar-refractivity contribution in [2.75, 3.05) is 5.73 Å². The molecule has 0 bridgehead atoms. The Balaban J connectivity index is 2.00. The van der Waals surface area contributed by atoms with E-state index in [4.69, 9.17) is 5.73 Å². The fourth-order valence-corrected chi connectivity index (χ4v) is 2.73. The smallest absolute Gasteiger partial charge is 0.201 e. The van der Waals surface area contributed by atoms with Gasteiger partial charge in [0.15, 0.2) is 0 Å². The maximum atomic E-state index is 6.10. The lowest BCUT2D eigenvalue weighted by atomic mass is 10.0. The van der Waals surface area contributed by atoms with Crippen molar-refractivity contribution in [3.05, 3.63) is 59.2 Å². The van der Waals surface area contributed by atoms with Crippen LogP contribution in [0.3, 0.4) is 0 Å². The average molecular weight is 279 g/mol. The maximum absolute atomic E-state index is 6.10. The molecule has 3 aromatic rings. The number of nitrogens with zero attached hydrogens (tertiary/aromatic N) is 2. The zero-order valence-corrected chi connectivity index (χ0v) is 12.8. The number of benzene rings is 2. The molecule has 3 nitrogen and oxygen atoms in total. The number of fused-ring (bicyclic) bond motifs is 1. The van der Waals surface area contributed by atoms with Crippen molar-refractivity contribution in [1.82, 2.24) is 9.55 Å². The van der Waals surface area contributed by atoms with E-state index >= 15 is 0 Å². The summed E-state index contributed by atoms with van der Waals surface area (Å²) >= 11 is 0. The van der Waals surface area contributed by atoms with Crippen molar-refractivity contribution in [3.63, 3.8) is 0 Å². The van der Waals surface area contributed by atoms with Crippen LogP contribution in [0.1, 0.15) is 36.5 Å². The highest BCUT2D eigenvalue weighted by molar-refractivity contribution is 5.81. The van der Waals surface area contributed by atoms with Gasteiger partial charge in [0, 0.05) is 0 Å². The Morgan fingerprint density at radius 1 is 1.10 bits per heavy atom. The minimum Gasteiger partial charge on any atom is -0.369 e. The number of rotatable bonds is 3. The zero-order chi connectivity index (χ0) is 15.0. The third-order valence-electron chi connectivity index (χ3n) is 3.99. The van der Waals surface area contributed by atoms with Crippen LogP contribution in [0.5, 0.6) is 0 Å². The summed E-state index contributed by atoms with van der Waals surface area (Å²) in [4.78, 5) is 4.46. The van der Waals surface area contributed by atoms with Gasteiger partial charge >= 0.3 is 0 Å². The lowest BCUT2D eigenvalue weighted by molar-refractivity contribution is 0.828. The lowest BCUT2D eigenvalue weighted by Gasteiger charge is -2.10. The summed E-state index contributed by atoms with van der Waals surface area (Å²) in [5, 5.41) is 0. The fourth-order valence-electron chi connectivity index (χ4n) is 2.73. The number of hydrogen-bond donors (Lipinski definition) is 1.